The average Bonchev–Trinajstić information content (AvgIpc) is 2.67. The van der Waals surface area contributed by atoms with E-state index in [-0.39, 0.29) is 32.1 Å². The number of imide groups is 2. The number of aliphatic carboxylic acids is 1. The summed E-state index contributed by atoms with van der Waals surface area (Å²) in [6.07, 6.45) is 1.15. The van der Waals surface area contributed by atoms with Gasteiger partial charge in [-0.05, 0) is 42.5 Å². The maximum absolute atomic E-state index is 12.9. The Labute approximate surface area is 184 Å². The molecule has 2 aromatic carbocycles. The molecule has 0 radical (unpaired) electrons. The summed E-state index contributed by atoms with van der Waals surface area (Å²) in [7, 11) is 0. The molecule has 0 spiro atoms. The van der Waals surface area contributed by atoms with Crippen LogP contribution in [0.15, 0.2) is 42.0 Å². The van der Waals surface area contributed by atoms with Crippen molar-refractivity contribution < 1.29 is 29.0 Å². The van der Waals surface area contributed by atoms with E-state index in [0.717, 1.165) is 11.0 Å². The predicted octanol–water partition coefficient (Wildman–Crippen LogP) is 3.78. The highest BCUT2D eigenvalue weighted by Crippen LogP contribution is 2.31. The van der Waals surface area contributed by atoms with Crippen LogP contribution in [0.3, 0.4) is 0 Å². The van der Waals surface area contributed by atoms with E-state index in [0.29, 0.717) is 0 Å². The zero-order valence-electron chi connectivity index (χ0n) is 14.8. The number of rotatable bonds is 5. The van der Waals surface area contributed by atoms with Crippen molar-refractivity contribution in [1.82, 2.24) is 5.32 Å². The van der Waals surface area contributed by atoms with E-state index in [1.807, 2.05) is 0 Å². The van der Waals surface area contributed by atoms with E-state index in [4.69, 9.17) is 44.6 Å². The Bertz CT molecular complexity index is 1120. The van der Waals surface area contributed by atoms with Gasteiger partial charge in [-0.1, -0.05) is 34.8 Å². The number of nitrogens with one attached hydrogen (secondary N) is 1. The van der Waals surface area contributed by atoms with Crippen LogP contribution in [-0.2, 0) is 14.4 Å². The smallest absolute Gasteiger partial charge is 0.341 e. The van der Waals surface area contributed by atoms with E-state index >= 15 is 0 Å². The van der Waals surface area contributed by atoms with Crippen molar-refractivity contribution in [2.24, 2.45) is 0 Å². The summed E-state index contributed by atoms with van der Waals surface area (Å²) in [6.45, 7) is -0.647. The lowest BCUT2D eigenvalue weighted by Gasteiger charge is -2.26. The maximum Gasteiger partial charge on any atom is 0.341 e. The Morgan fingerprint density at radius 2 is 1.80 bits per heavy atom. The first-order valence-corrected chi connectivity index (χ1v) is 9.31. The quantitative estimate of drug-likeness (QED) is 0.509. The molecule has 3 rings (SSSR count). The van der Waals surface area contributed by atoms with Gasteiger partial charge >= 0.3 is 12.0 Å². The van der Waals surface area contributed by atoms with Crippen molar-refractivity contribution in [1.29, 1.82) is 0 Å². The minimum absolute atomic E-state index is 0.0767. The summed E-state index contributed by atoms with van der Waals surface area (Å²) in [4.78, 5) is 49.0. The zero-order valence-corrected chi connectivity index (χ0v) is 17.1. The van der Waals surface area contributed by atoms with E-state index in [1.54, 1.807) is 0 Å². The van der Waals surface area contributed by atoms with E-state index in [9.17, 15) is 19.2 Å². The van der Waals surface area contributed by atoms with Crippen molar-refractivity contribution in [3.05, 3.63) is 62.6 Å². The molecule has 8 nitrogen and oxygen atoms in total. The molecule has 1 saturated heterocycles. The summed E-state index contributed by atoms with van der Waals surface area (Å²) in [5.41, 5.74) is -0.132. The number of benzene rings is 2. The van der Waals surface area contributed by atoms with Gasteiger partial charge in [-0.3, -0.25) is 14.9 Å². The molecule has 0 aromatic heterocycles. The number of hydrogen-bond donors (Lipinski definition) is 2. The molecular formula is C19H11Cl3N2O6. The van der Waals surface area contributed by atoms with E-state index in [1.165, 1.54) is 36.4 Å². The monoisotopic (exact) mass is 468 g/mol. The number of carboxylic acids is 1. The molecule has 1 fully saturated rings. The first kappa shape index (κ1) is 21.6. The topological polar surface area (TPSA) is 113 Å². The van der Waals surface area contributed by atoms with Gasteiger partial charge in [-0.25, -0.2) is 14.5 Å². The fourth-order valence-electron chi connectivity index (χ4n) is 2.57. The second-order valence-electron chi connectivity index (χ2n) is 5.92. The molecule has 4 amide bonds. The molecule has 1 heterocycles. The minimum Gasteiger partial charge on any atom is -0.481 e. The predicted molar refractivity (Wildman–Crippen MR) is 110 cm³/mol. The number of nitrogens with zero attached hydrogens (tertiary/aromatic N) is 1. The van der Waals surface area contributed by atoms with Crippen molar-refractivity contribution in [3.8, 4) is 5.75 Å². The summed E-state index contributed by atoms with van der Waals surface area (Å²) < 4.78 is 5.17. The lowest BCUT2D eigenvalue weighted by Crippen LogP contribution is -2.54. The summed E-state index contributed by atoms with van der Waals surface area (Å²) in [6, 6.07) is 7.35. The number of urea groups is 1. The number of carboxylic acid groups (broad SMARTS) is 1. The maximum atomic E-state index is 12.9. The van der Waals surface area contributed by atoms with Crippen molar-refractivity contribution >= 4 is 70.4 Å². The molecule has 2 N–H and O–H groups in total. The van der Waals surface area contributed by atoms with Gasteiger partial charge in [0.15, 0.2) is 6.61 Å². The van der Waals surface area contributed by atoms with Gasteiger partial charge < -0.3 is 9.84 Å². The molecule has 30 heavy (non-hydrogen) atoms. The molecule has 1 aliphatic heterocycles. The second kappa shape index (κ2) is 8.74. The van der Waals surface area contributed by atoms with Crippen LogP contribution in [0.5, 0.6) is 5.75 Å². The molecule has 2 aromatic rings. The number of barbiturate groups is 1. The average molecular weight is 470 g/mol. The van der Waals surface area contributed by atoms with Gasteiger partial charge in [0.2, 0.25) is 0 Å². The Kier molecular flexibility index (Phi) is 6.31. The van der Waals surface area contributed by atoms with Crippen molar-refractivity contribution in [2.75, 3.05) is 11.5 Å². The Hall–Kier alpha value is -3.07. The fraction of sp³-hybridized carbons (Fsp3) is 0.0526. The first-order valence-electron chi connectivity index (χ1n) is 8.18. The van der Waals surface area contributed by atoms with E-state index in [2.05, 4.69) is 5.32 Å². The molecule has 1 aliphatic rings. The summed E-state index contributed by atoms with van der Waals surface area (Å²) >= 11 is 17.8. The van der Waals surface area contributed by atoms with Crippen LogP contribution in [0.4, 0.5) is 10.5 Å². The van der Waals surface area contributed by atoms with Crippen LogP contribution in [0, 0.1) is 0 Å². The minimum atomic E-state index is -1.22. The number of carbonyl (C=O) groups is 4. The largest absolute Gasteiger partial charge is 0.481 e. The molecule has 0 aliphatic carbocycles. The Morgan fingerprint density at radius 3 is 2.47 bits per heavy atom. The van der Waals surface area contributed by atoms with Crippen LogP contribution >= 0.6 is 34.8 Å². The second-order valence-corrected chi connectivity index (χ2v) is 7.17. The third kappa shape index (κ3) is 4.56. The lowest BCUT2D eigenvalue weighted by molar-refractivity contribution is -0.139. The summed E-state index contributed by atoms with van der Waals surface area (Å²) in [5.74, 6) is -3.00. The number of anilines is 1. The van der Waals surface area contributed by atoms with Crippen molar-refractivity contribution in [3.63, 3.8) is 0 Å². The first-order chi connectivity index (χ1) is 14.2. The SMILES string of the molecule is O=C(O)COc1ccc(Cl)cc1/C=C1\C(=O)NC(=O)N(c2ccc(Cl)c(Cl)c2)C1=O. The number of carbonyl (C=O) groups excluding carboxylic acids is 3. The Balaban J connectivity index is 2.03. The zero-order chi connectivity index (χ0) is 22.0. The number of amides is 4. The standard InChI is InChI=1S/C19H11Cl3N2O6/c20-10-1-4-15(30-8-16(25)26)9(5-10)6-12-17(27)23-19(29)24(18(12)28)11-2-3-13(21)14(22)7-11/h1-7H,8H2,(H,25,26)(H,23,27,29)/b12-6+. The highest BCUT2D eigenvalue weighted by Gasteiger charge is 2.37. The van der Waals surface area contributed by atoms with Gasteiger partial charge in [0.1, 0.15) is 11.3 Å². The van der Waals surface area contributed by atoms with Gasteiger partial charge in [-0.2, -0.15) is 0 Å². The van der Waals surface area contributed by atoms with Crippen LogP contribution < -0.4 is 15.0 Å². The normalized spacial score (nSPS) is 15.4. The van der Waals surface area contributed by atoms with Crippen LogP contribution in [0.2, 0.25) is 15.1 Å². The highest BCUT2D eigenvalue weighted by molar-refractivity contribution is 6.43. The Morgan fingerprint density at radius 1 is 1.07 bits per heavy atom. The van der Waals surface area contributed by atoms with Gasteiger partial charge in [0.25, 0.3) is 11.8 Å². The van der Waals surface area contributed by atoms with Gasteiger partial charge in [0, 0.05) is 10.6 Å². The molecule has 154 valence electrons. The van der Waals surface area contributed by atoms with E-state index < -0.39 is 36.0 Å². The van der Waals surface area contributed by atoms with Gasteiger partial charge in [0.05, 0.1) is 15.7 Å². The third-order valence-electron chi connectivity index (χ3n) is 3.89. The molecule has 0 atom stereocenters. The highest BCUT2D eigenvalue weighted by atomic mass is 35.5. The molecule has 11 heteroatoms. The number of halogens is 3. The molecule has 0 unspecified atom stereocenters. The van der Waals surface area contributed by atoms with Crippen LogP contribution in [0.1, 0.15) is 5.56 Å². The fourth-order valence-corrected chi connectivity index (χ4v) is 3.05. The lowest BCUT2D eigenvalue weighted by atomic mass is 10.1. The van der Waals surface area contributed by atoms with Crippen LogP contribution in [0.25, 0.3) is 6.08 Å². The third-order valence-corrected chi connectivity index (χ3v) is 4.86. The van der Waals surface area contributed by atoms with Crippen molar-refractivity contribution in [2.45, 2.75) is 0 Å². The molecule has 0 bridgehead atoms. The molecule has 0 saturated carbocycles. The summed E-state index contributed by atoms with van der Waals surface area (Å²) in [5, 5.41) is 11.5. The number of hydrogen-bond acceptors (Lipinski definition) is 5. The van der Waals surface area contributed by atoms with Gasteiger partial charge in [-0.15, -0.1) is 0 Å². The molecular weight excluding hydrogens is 459 g/mol. The van der Waals surface area contributed by atoms with Crippen LogP contribution in [-0.4, -0.2) is 35.5 Å². The number of ether oxygens (including phenoxy) is 1.